The van der Waals surface area contributed by atoms with Crippen molar-refractivity contribution in [1.29, 1.82) is 0 Å². The third kappa shape index (κ3) is 25.9. The number of nitrogens with one attached hydrogen (secondary N) is 5. The molecule has 11 fully saturated rings. The lowest BCUT2D eigenvalue weighted by Crippen LogP contribution is -2.71. The number of carboxylic acids is 1. The molecule has 5 amide bonds. The number of amides is 5. The van der Waals surface area contributed by atoms with Gasteiger partial charge in [-0.2, -0.15) is 0 Å². The predicted molar refractivity (Wildman–Crippen MR) is 438 cm³/mol. The number of carbonyl (C=O) groups excluding carboxylic acids is 5. The van der Waals surface area contributed by atoms with E-state index in [2.05, 4.69) is 26.6 Å². The van der Waals surface area contributed by atoms with Crippen LogP contribution in [0.5, 0.6) is 0 Å². The maximum Gasteiger partial charge on any atom is 0.364 e. The summed E-state index contributed by atoms with van der Waals surface area (Å²) in [4.78, 5) is 77.6. The number of hydrogen-bond donors (Lipinski definition) is 37. The first-order valence-electron chi connectivity index (χ1n) is 45.3. The Labute approximate surface area is 808 Å². The van der Waals surface area contributed by atoms with Crippen molar-refractivity contribution in [3.05, 3.63) is 0 Å². The molecule has 11 aliphatic rings. The lowest BCUT2D eigenvalue weighted by Gasteiger charge is -2.51. The maximum atomic E-state index is 13.2. The summed E-state index contributed by atoms with van der Waals surface area (Å²) in [5.74, 6) is -10.3. The van der Waals surface area contributed by atoms with E-state index in [1.807, 2.05) is 0 Å². The lowest BCUT2D eigenvalue weighted by atomic mass is 9.88. The average Bonchev–Trinajstić information content (AvgIpc) is 0.745. The van der Waals surface area contributed by atoms with E-state index in [-0.39, 0.29) is 0 Å². The standard InChI is InChI=1S/C79H131N5O59/c1-18(96)80-35-23(101)6-79(78(121)122,142-62(35)40(103)24(102)7-85)143-67-45(108)29(12-90)128-77(56(67)119)136-60-34(17-95)132-72(39(49(60)112)84-22(5)100)140-65-43(106)27(10-88)126-75(54(65)117)134-58-32(15-93)130-70(37(47(58)110)82-20(3)98)138-63-41(104)25(8-86)124-73(52(63)115)133-57-31(14-92)129-69(36(46(57)109)81-19(2)97)139-64-42(105)26(9-87)125-74(53(64)116)135-59-33(16-94)131-71(38(48(59)111)83-21(4)99)141-66-44(107)28(11-89)127-76(55(66)118)137-61-30(13-91)123-68(120)51(114)50(61)113/h23-77,85-95,101-120H,6-17H2,1-5H3,(H,80,96)(H,81,97)(H,82,98)(H,83,99)(H,84,100)(H,121,122)/t23-,24+,25+,26+,27+,28+,29+,30+,31+,32+,33+,34+,35+,36+,37+,38+,39+,40+,41-,42-,43-,44-,45-,46+,47+,48+,49+,50+,51+,52+,53+,54+,55+,56+,57+,58+,59+,60+,61+,62+,63-,64-,65-,66-,67-,68+,69-,70-,71-,72-,73-,74-,75-,76-,77-,79-/m0/s1. The Balaban J connectivity index is 0.765. The van der Waals surface area contributed by atoms with Gasteiger partial charge in [-0.1, -0.05) is 0 Å². The molecule has 0 spiro atoms. The zero-order valence-corrected chi connectivity index (χ0v) is 76.6. The summed E-state index contributed by atoms with van der Waals surface area (Å²) in [6, 6.07) is -9.76. The molecular weight excluding hydrogens is 1960 g/mol. The van der Waals surface area contributed by atoms with Crippen LogP contribution in [0.15, 0.2) is 0 Å². The minimum Gasteiger partial charge on any atom is -0.477 e. The molecule has 0 bridgehead atoms. The fraction of sp³-hybridized carbons (Fsp3) is 0.924. The van der Waals surface area contributed by atoms with Crippen molar-refractivity contribution in [2.75, 3.05) is 72.7 Å². The van der Waals surface area contributed by atoms with Crippen LogP contribution in [0.4, 0.5) is 0 Å². The Morgan fingerprint density at radius 2 is 0.490 bits per heavy atom. The van der Waals surface area contributed by atoms with E-state index in [1.54, 1.807) is 0 Å². The number of rotatable bonds is 39. The van der Waals surface area contributed by atoms with Crippen molar-refractivity contribution in [3.63, 3.8) is 0 Å². The van der Waals surface area contributed by atoms with Gasteiger partial charge in [-0.3, -0.25) is 24.0 Å². The number of aliphatic hydroxyl groups excluding tert-OH is 31. The van der Waals surface area contributed by atoms with Gasteiger partial charge in [0.1, 0.15) is 262 Å². The Bertz CT molecular complexity index is 4030. The summed E-state index contributed by atoms with van der Waals surface area (Å²) in [6.45, 7) is -8.34. The van der Waals surface area contributed by atoms with Crippen molar-refractivity contribution in [1.82, 2.24) is 26.6 Å². The topological polar surface area (TPSA) is 1000 Å². The van der Waals surface area contributed by atoms with Gasteiger partial charge in [0.2, 0.25) is 29.5 Å². The molecule has 826 valence electrons. The zero-order valence-electron chi connectivity index (χ0n) is 76.6. The molecule has 64 nitrogen and oxygen atoms in total. The molecule has 0 aromatic heterocycles. The predicted octanol–water partition coefficient (Wildman–Crippen LogP) is -25.1. The highest BCUT2D eigenvalue weighted by molar-refractivity contribution is 5.77. The van der Waals surface area contributed by atoms with Crippen LogP contribution in [0, 0.1) is 0 Å². The van der Waals surface area contributed by atoms with Crippen molar-refractivity contribution in [3.8, 4) is 0 Å². The second kappa shape index (κ2) is 51.2. The molecule has 11 heterocycles. The van der Waals surface area contributed by atoms with Crippen LogP contribution in [0.1, 0.15) is 41.0 Å². The Hall–Kier alpha value is -5.26. The average molecular weight is 2090 g/mol. The molecule has 143 heavy (non-hydrogen) atoms. The molecule has 11 saturated heterocycles. The number of ether oxygens (including phenoxy) is 21. The van der Waals surface area contributed by atoms with Crippen LogP contribution in [0.25, 0.3) is 0 Å². The van der Waals surface area contributed by atoms with Gasteiger partial charge in [-0.15, -0.1) is 0 Å². The largest absolute Gasteiger partial charge is 0.477 e. The van der Waals surface area contributed by atoms with Crippen molar-refractivity contribution in [2.45, 2.75) is 384 Å². The zero-order chi connectivity index (χ0) is 106. The number of carboxylic acid groups (broad SMARTS) is 1. The maximum absolute atomic E-state index is 13.2. The van der Waals surface area contributed by atoms with Crippen LogP contribution in [0.2, 0.25) is 0 Å². The minimum absolute atomic E-state index is 0.875. The van der Waals surface area contributed by atoms with Crippen LogP contribution < -0.4 is 26.6 Å². The molecule has 11 rings (SSSR count). The van der Waals surface area contributed by atoms with Gasteiger partial charge in [0.25, 0.3) is 5.79 Å². The normalized spacial score (nSPS) is 47.8. The van der Waals surface area contributed by atoms with Gasteiger partial charge in [-0.25, -0.2) is 4.79 Å². The van der Waals surface area contributed by atoms with Gasteiger partial charge < -0.3 is 289 Å². The van der Waals surface area contributed by atoms with Crippen LogP contribution in [-0.4, -0.2) is 615 Å². The fourth-order valence-corrected chi connectivity index (χ4v) is 18.7. The minimum atomic E-state index is -3.29. The molecule has 37 N–H and O–H groups in total. The van der Waals surface area contributed by atoms with Gasteiger partial charge in [0.05, 0.1) is 84.8 Å². The number of hydrogen-bond acceptors (Lipinski definition) is 58. The monoisotopic (exact) mass is 2090 g/mol. The van der Waals surface area contributed by atoms with E-state index < -0.39 is 458 Å². The van der Waals surface area contributed by atoms with E-state index >= 15 is 0 Å². The van der Waals surface area contributed by atoms with Crippen molar-refractivity contribution >= 4 is 35.5 Å². The van der Waals surface area contributed by atoms with Crippen LogP contribution in [0.3, 0.4) is 0 Å². The van der Waals surface area contributed by atoms with E-state index in [1.165, 1.54) is 0 Å². The second-order valence-electron chi connectivity index (χ2n) is 35.9. The quantitative estimate of drug-likeness (QED) is 0.0272. The van der Waals surface area contributed by atoms with E-state index in [9.17, 15) is 192 Å². The molecular formula is C79H131N5O59. The Morgan fingerprint density at radius 1 is 0.273 bits per heavy atom. The van der Waals surface area contributed by atoms with Crippen molar-refractivity contribution < 1.29 is 292 Å². The van der Waals surface area contributed by atoms with E-state index in [0.29, 0.717) is 0 Å². The Kier molecular flexibility index (Phi) is 42.3. The van der Waals surface area contributed by atoms with Gasteiger partial charge in [0, 0.05) is 41.0 Å². The fourth-order valence-electron chi connectivity index (χ4n) is 18.7. The smallest absolute Gasteiger partial charge is 0.364 e. The van der Waals surface area contributed by atoms with Gasteiger partial charge >= 0.3 is 5.97 Å². The SMILES string of the molecule is CC(=O)N[C@H]1[C@H](O[C@H]2[C@@H](O)[C@@H](CO)O[C@@H](O[C@H]3[C@H](O)[C@@H](O)[C@H](O)O[C@@H]3CO)[C@@H]2O)O[C@H](CO)[C@@H](O[C@@H]2O[C@H](CO)[C@H](O)[C@H](O[C@@H]3O[C@H](CO)[C@@H](O[C@@H]4O[C@H](CO)[C@H](O)[C@H](O[C@@H]5O[C@H](CO)[C@@H](O[C@@H]6O[C@H](CO)[C@H](O)[C@H](O[C@@H]7O[C@H](CO)[C@@H](O[C@@H]8O[C@H](CO)[C@H](O)[C@H](O[C@]9(C(=O)O)C[C@H](O)[C@@H](NC(C)=O)[C@H]([C@H](O)[C@H](O)CO)O9)[C@H]8O)[C@H](O)[C@H]7NC(C)=O)[C@H]6O)[C@H](O)[C@H]5NC(C)=O)[C@H]4O)[C@H](O)[C@H]3NC(C)=O)[C@H]2O)[C@@H]1O. The number of aliphatic hydroxyl groups is 31. The summed E-state index contributed by atoms with van der Waals surface area (Å²) in [7, 11) is 0. The number of carbonyl (C=O) groups is 6. The summed E-state index contributed by atoms with van der Waals surface area (Å²) < 4.78 is 123. The summed E-state index contributed by atoms with van der Waals surface area (Å²) in [6.07, 6.45) is -109. The first-order chi connectivity index (χ1) is 67.6. The number of aliphatic carboxylic acids is 1. The van der Waals surface area contributed by atoms with Crippen molar-refractivity contribution in [2.24, 2.45) is 0 Å². The second-order valence-corrected chi connectivity index (χ2v) is 35.9. The van der Waals surface area contributed by atoms with E-state index in [4.69, 9.17) is 99.5 Å². The highest BCUT2D eigenvalue weighted by atomic mass is 16.8. The first-order valence-corrected chi connectivity index (χ1v) is 45.3. The van der Waals surface area contributed by atoms with Gasteiger partial charge in [0.15, 0.2) is 62.9 Å². The van der Waals surface area contributed by atoms with Crippen LogP contribution >= 0.6 is 0 Å². The third-order valence-corrected chi connectivity index (χ3v) is 26.0. The van der Waals surface area contributed by atoms with Crippen LogP contribution in [-0.2, 0) is 128 Å². The molecule has 64 heteroatoms. The molecule has 11 aliphatic heterocycles. The lowest BCUT2D eigenvalue weighted by molar-refractivity contribution is -0.392. The highest BCUT2D eigenvalue weighted by Gasteiger charge is 2.65. The molecule has 0 radical (unpaired) electrons. The van der Waals surface area contributed by atoms with E-state index in [0.717, 1.165) is 34.6 Å². The summed E-state index contributed by atoms with van der Waals surface area (Å²) >= 11 is 0. The molecule has 0 unspecified atom stereocenters. The Morgan fingerprint density at radius 3 is 0.727 bits per heavy atom. The van der Waals surface area contributed by atoms with Gasteiger partial charge in [-0.05, 0) is 0 Å². The first kappa shape index (κ1) is 118. The molecule has 0 saturated carbocycles. The molecule has 0 aromatic carbocycles. The highest BCUT2D eigenvalue weighted by Crippen LogP contribution is 2.44. The molecule has 0 aliphatic carbocycles. The summed E-state index contributed by atoms with van der Waals surface area (Å²) in [5, 5.41) is 369. The molecule has 0 aromatic rings. The third-order valence-electron chi connectivity index (χ3n) is 26.0. The molecule has 56 atom stereocenters. The summed E-state index contributed by atoms with van der Waals surface area (Å²) in [5.41, 5.74) is 0.